The van der Waals surface area contributed by atoms with Crippen LogP contribution in [0.5, 0.6) is 0 Å². The molecule has 0 bridgehead atoms. The number of carbonyl (C=O) groups excluding carboxylic acids is 1. The van der Waals surface area contributed by atoms with Crippen LogP contribution in [0.1, 0.15) is 15.9 Å². The van der Waals surface area contributed by atoms with Gasteiger partial charge in [-0.15, -0.1) is 0 Å². The fourth-order valence-corrected chi connectivity index (χ4v) is 2.37. The molecular formula is C14H11Cl3N2O. The maximum absolute atomic E-state index is 11.9. The zero-order valence-electron chi connectivity index (χ0n) is 10.4. The van der Waals surface area contributed by atoms with Crippen LogP contribution < -0.4 is 5.32 Å². The second-order valence-corrected chi connectivity index (χ2v) is 5.35. The molecule has 2 rings (SSSR count). The van der Waals surface area contributed by atoms with Crippen LogP contribution in [0.3, 0.4) is 0 Å². The van der Waals surface area contributed by atoms with E-state index < -0.39 is 0 Å². The minimum atomic E-state index is -0.256. The molecular weight excluding hydrogens is 319 g/mol. The molecule has 0 spiro atoms. The monoisotopic (exact) mass is 328 g/mol. The molecule has 1 heterocycles. The van der Waals surface area contributed by atoms with E-state index in [9.17, 15) is 4.79 Å². The van der Waals surface area contributed by atoms with E-state index in [1.54, 1.807) is 18.2 Å². The third-order valence-electron chi connectivity index (χ3n) is 2.71. The Kier molecular flexibility index (Phi) is 5.24. The molecule has 6 heteroatoms. The van der Waals surface area contributed by atoms with E-state index >= 15 is 0 Å². The quantitative estimate of drug-likeness (QED) is 0.920. The summed E-state index contributed by atoms with van der Waals surface area (Å²) in [5.74, 6) is -0.256. The molecule has 104 valence electrons. The summed E-state index contributed by atoms with van der Waals surface area (Å²) < 4.78 is 0. The first-order chi connectivity index (χ1) is 9.58. The first kappa shape index (κ1) is 15.1. The highest BCUT2D eigenvalue weighted by Gasteiger charge is 2.09. The van der Waals surface area contributed by atoms with Crippen molar-refractivity contribution in [1.82, 2.24) is 10.3 Å². The van der Waals surface area contributed by atoms with Crippen molar-refractivity contribution < 1.29 is 4.79 Å². The lowest BCUT2D eigenvalue weighted by atomic mass is 10.1. The molecule has 0 aliphatic heterocycles. The SMILES string of the molecule is O=C(NCCc1ccc(Cl)cc1Cl)c1cnccc1Cl. The molecule has 0 saturated carbocycles. The van der Waals surface area contributed by atoms with Gasteiger partial charge in [0.05, 0.1) is 10.6 Å². The Morgan fingerprint density at radius 2 is 1.95 bits per heavy atom. The van der Waals surface area contributed by atoms with Gasteiger partial charge < -0.3 is 5.32 Å². The minimum Gasteiger partial charge on any atom is -0.352 e. The van der Waals surface area contributed by atoms with Crippen molar-refractivity contribution >= 4 is 40.7 Å². The first-order valence-corrected chi connectivity index (χ1v) is 7.03. The van der Waals surface area contributed by atoms with Crippen LogP contribution in [0.15, 0.2) is 36.7 Å². The molecule has 2 aromatic rings. The van der Waals surface area contributed by atoms with E-state index in [4.69, 9.17) is 34.8 Å². The first-order valence-electron chi connectivity index (χ1n) is 5.89. The topological polar surface area (TPSA) is 42.0 Å². The summed E-state index contributed by atoms with van der Waals surface area (Å²) in [5.41, 5.74) is 1.28. The van der Waals surface area contributed by atoms with Gasteiger partial charge in [-0.3, -0.25) is 9.78 Å². The zero-order chi connectivity index (χ0) is 14.5. The van der Waals surface area contributed by atoms with Crippen LogP contribution >= 0.6 is 34.8 Å². The van der Waals surface area contributed by atoms with Crippen molar-refractivity contribution in [3.63, 3.8) is 0 Å². The lowest BCUT2D eigenvalue weighted by molar-refractivity contribution is 0.0954. The fraction of sp³-hybridized carbons (Fsp3) is 0.143. The van der Waals surface area contributed by atoms with Crippen LogP contribution in [0, 0.1) is 0 Å². The lowest BCUT2D eigenvalue weighted by Crippen LogP contribution is -2.26. The molecule has 0 atom stereocenters. The molecule has 0 fully saturated rings. The summed E-state index contributed by atoms with van der Waals surface area (Å²) in [6, 6.07) is 6.86. The van der Waals surface area contributed by atoms with Crippen LogP contribution in [0.2, 0.25) is 15.1 Å². The number of nitrogens with zero attached hydrogens (tertiary/aromatic N) is 1. The van der Waals surface area contributed by atoms with Gasteiger partial charge in [-0.25, -0.2) is 0 Å². The van der Waals surface area contributed by atoms with Gasteiger partial charge in [0.25, 0.3) is 5.91 Å². The summed E-state index contributed by atoms with van der Waals surface area (Å²) >= 11 is 17.8. The number of hydrogen-bond acceptors (Lipinski definition) is 2. The third-order valence-corrected chi connectivity index (χ3v) is 3.62. The number of rotatable bonds is 4. The lowest BCUT2D eigenvalue weighted by Gasteiger charge is -2.07. The molecule has 3 nitrogen and oxygen atoms in total. The van der Waals surface area contributed by atoms with Crippen LogP contribution in [0.25, 0.3) is 0 Å². The van der Waals surface area contributed by atoms with Crippen molar-refractivity contribution in [2.75, 3.05) is 6.54 Å². The van der Waals surface area contributed by atoms with E-state index in [1.807, 2.05) is 6.07 Å². The summed E-state index contributed by atoms with van der Waals surface area (Å²) in [6.45, 7) is 0.450. The molecule has 0 aliphatic carbocycles. The number of halogens is 3. The van der Waals surface area contributed by atoms with E-state index in [2.05, 4.69) is 10.3 Å². The molecule has 1 amide bonds. The Labute approximate surface area is 131 Å². The van der Waals surface area contributed by atoms with Gasteiger partial charge in [0.15, 0.2) is 0 Å². The van der Waals surface area contributed by atoms with E-state index in [1.165, 1.54) is 12.4 Å². The van der Waals surface area contributed by atoms with Gasteiger partial charge in [0.1, 0.15) is 0 Å². The Morgan fingerprint density at radius 3 is 2.65 bits per heavy atom. The molecule has 0 unspecified atom stereocenters. The fourth-order valence-electron chi connectivity index (χ4n) is 1.67. The van der Waals surface area contributed by atoms with Crippen molar-refractivity contribution in [3.05, 3.63) is 62.9 Å². The third kappa shape index (κ3) is 3.85. The zero-order valence-corrected chi connectivity index (χ0v) is 12.6. The van der Waals surface area contributed by atoms with Gasteiger partial charge in [-0.2, -0.15) is 0 Å². The number of hydrogen-bond donors (Lipinski definition) is 1. The smallest absolute Gasteiger partial charge is 0.254 e. The summed E-state index contributed by atoms with van der Waals surface area (Å²) in [7, 11) is 0. The summed E-state index contributed by atoms with van der Waals surface area (Å²) in [4.78, 5) is 15.8. The van der Waals surface area contributed by atoms with Crippen LogP contribution in [-0.4, -0.2) is 17.4 Å². The molecule has 1 aromatic heterocycles. The number of nitrogens with one attached hydrogen (secondary N) is 1. The Balaban J connectivity index is 1.93. The molecule has 1 aromatic carbocycles. The van der Waals surface area contributed by atoms with E-state index in [-0.39, 0.29) is 5.91 Å². The van der Waals surface area contributed by atoms with E-state index in [0.29, 0.717) is 33.6 Å². The summed E-state index contributed by atoms with van der Waals surface area (Å²) in [6.07, 6.45) is 3.58. The van der Waals surface area contributed by atoms with Gasteiger partial charge in [-0.05, 0) is 30.2 Å². The molecule has 0 aliphatic rings. The average molecular weight is 330 g/mol. The predicted molar refractivity (Wildman–Crippen MR) is 81.7 cm³/mol. The highest BCUT2D eigenvalue weighted by atomic mass is 35.5. The summed E-state index contributed by atoms with van der Waals surface area (Å²) in [5, 5.41) is 4.33. The maximum Gasteiger partial charge on any atom is 0.254 e. The molecule has 0 saturated heterocycles. The number of carbonyl (C=O) groups is 1. The second-order valence-electron chi connectivity index (χ2n) is 4.10. The second kappa shape index (κ2) is 6.93. The predicted octanol–water partition coefficient (Wildman–Crippen LogP) is 4.01. The van der Waals surface area contributed by atoms with E-state index in [0.717, 1.165) is 5.56 Å². The van der Waals surface area contributed by atoms with Gasteiger partial charge in [0.2, 0.25) is 0 Å². The highest BCUT2D eigenvalue weighted by molar-refractivity contribution is 6.35. The van der Waals surface area contributed by atoms with Crippen LogP contribution in [0.4, 0.5) is 0 Å². The molecule has 20 heavy (non-hydrogen) atoms. The van der Waals surface area contributed by atoms with Crippen molar-refractivity contribution in [2.24, 2.45) is 0 Å². The number of aromatic nitrogens is 1. The number of amides is 1. The van der Waals surface area contributed by atoms with Crippen molar-refractivity contribution in [2.45, 2.75) is 6.42 Å². The van der Waals surface area contributed by atoms with Gasteiger partial charge >= 0.3 is 0 Å². The Morgan fingerprint density at radius 1 is 1.15 bits per heavy atom. The van der Waals surface area contributed by atoms with Crippen LogP contribution in [-0.2, 0) is 6.42 Å². The molecule has 0 radical (unpaired) electrons. The van der Waals surface area contributed by atoms with Gasteiger partial charge in [0, 0.05) is 29.0 Å². The average Bonchev–Trinajstić information content (AvgIpc) is 2.41. The standard InChI is InChI=1S/C14H11Cl3N2O/c15-10-2-1-9(13(17)7-10)3-6-19-14(20)11-8-18-5-4-12(11)16/h1-2,4-5,7-8H,3,6H2,(H,19,20). The maximum atomic E-state index is 11.9. The minimum absolute atomic E-state index is 0.256. The highest BCUT2D eigenvalue weighted by Crippen LogP contribution is 2.21. The normalized spacial score (nSPS) is 10.3. The molecule has 1 N–H and O–H groups in total. The Hall–Kier alpha value is -1.29. The van der Waals surface area contributed by atoms with Crippen molar-refractivity contribution in [3.8, 4) is 0 Å². The Bertz CT molecular complexity index is 632. The number of benzene rings is 1. The number of pyridine rings is 1. The van der Waals surface area contributed by atoms with Gasteiger partial charge in [-0.1, -0.05) is 40.9 Å². The van der Waals surface area contributed by atoms with Crippen molar-refractivity contribution in [1.29, 1.82) is 0 Å². The largest absolute Gasteiger partial charge is 0.352 e.